The monoisotopic (exact) mass is 467 g/mol. The molecule has 0 saturated carbocycles. The van der Waals surface area contributed by atoms with Crippen LogP contribution in [0.4, 0.5) is 11.4 Å². The maximum atomic E-state index is 12.4. The molecule has 1 heterocycles. The molecule has 4 aromatic rings. The van der Waals surface area contributed by atoms with Gasteiger partial charge in [-0.15, -0.1) is 0 Å². The summed E-state index contributed by atoms with van der Waals surface area (Å²) in [5.74, 6) is -0.437. The first-order chi connectivity index (χ1) is 15.4. The Morgan fingerprint density at radius 2 is 1.72 bits per heavy atom. The van der Waals surface area contributed by atoms with Gasteiger partial charge in [0.1, 0.15) is 6.54 Å². The average Bonchev–Trinajstić information content (AvgIpc) is 3.05. The minimum Gasteiger partial charge on any atom is -0.755 e. The Kier molecular flexibility index (Phi) is 6.32. The minimum atomic E-state index is -2.62. The molecule has 3 aromatic carbocycles. The quantitative estimate of drug-likeness (QED) is 0.282. The smallest absolute Gasteiger partial charge is 0.325 e. The number of carbonyl (C=O) groups is 1. The van der Waals surface area contributed by atoms with Crippen LogP contribution in [0.25, 0.3) is 22.0 Å². The van der Waals surface area contributed by atoms with Crippen molar-refractivity contribution < 1.29 is 18.3 Å². The molecule has 32 heavy (non-hydrogen) atoms. The van der Waals surface area contributed by atoms with Crippen molar-refractivity contribution >= 4 is 51.1 Å². The minimum absolute atomic E-state index is 0.0489. The number of esters is 1. The number of ether oxygens (including phenoxy) is 1. The average molecular weight is 468 g/mol. The van der Waals surface area contributed by atoms with Crippen LogP contribution in [-0.4, -0.2) is 26.4 Å². The molecule has 8 heteroatoms. The van der Waals surface area contributed by atoms with E-state index in [0.717, 1.165) is 11.1 Å². The number of fused-ring (bicyclic) bond motifs is 1. The molecule has 0 aliphatic heterocycles. The molecule has 0 fully saturated rings. The van der Waals surface area contributed by atoms with Crippen LogP contribution in [0.1, 0.15) is 5.69 Å². The molecule has 0 bridgehead atoms. The molecule has 0 aliphatic carbocycles. The fourth-order valence-electron chi connectivity index (χ4n) is 3.80. The Labute approximate surface area is 193 Å². The normalized spacial score (nSPS) is 12.0. The van der Waals surface area contributed by atoms with Crippen LogP contribution < -0.4 is 4.31 Å². The summed E-state index contributed by atoms with van der Waals surface area (Å²) in [5, 5.41) is 1.08. The molecule has 0 N–H and O–H groups in total. The van der Waals surface area contributed by atoms with E-state index in [1.807, 2.05) is 42.5 Å². The zero-order valence-corrected chi connectivity index (χ0v) is 19.0. The molecule has 0 saturated heterocycles. The summed E-state index contributed by atoms with van der Waals surface area (Å²) in [6, 6.07) is 22.3. The van der Waals surface area contributed by atoms with Crippen molar-refractivity contribution in [3.8, 4) is 11.1 Å². The Morgan fingerprint density at radius 1 is 1.06 bits per heavy atom. The third-order valence-electron chi connectivity index (χ3n) is 5.33. The number of hydrogen-bond donors (Lipinski definition) is 0. The van der Waals surface area contributed by atoms with Crippen LogP contribution in [0.5, 0.6) is 0 Å². The fourth-order valence-corrected chi connectivity index (χ4v) is 4.65. The second kappa shape index (κ2) is 9.16. The maximum Gasteiger partial charge on any atom is 0.325 e. The highest BCUT2D eigenvalue weighted by molar-refractivity contribution is 7.81. The third-order valence-corrected chi connectivity index (χ3v) is 6.25. The van der Waals surface area contributed by atoms with Gasteiger partial charge in [0.25, 0.3) is 0 Å². The van der Waals surface area contributed by atoms with Gasteiger partial charge in [-0.3, -0.25) is 13.3 Å². The van der Waals surface area contributed by atoms with Crippen molar-refractivity contribution in [3.63, 3.8) is 0 Å². The van der Waals surface area contributed by atoms with Gasteiger partial charge in [-0.1, -0.05) is 54.1 Å². The van der Waals surface area contributed by atoms with E-state index < -0.39 is 17.2 Å². The van der Waals surface area contributed by atoms with E-state index in [4.69, 9.17) is 16.3 Å². The third kappa shape index (κ3) is 4.14. The van der Waals surface area contributed by atoms with Gasteiger partial charge in [0.15, 0.2) is 0 Å². The van der Waals surface area contributed by atoms with Gasteiger partial charge in [-0.2, -0.15) is 0 Å². The van der Waals surface area contributed by atoms with Gasteiger partial charge < -0.3 is 13.9 Å². The van der Waals surface area contributed by atoms with Gasteiger partial charge in [0.05, 0.1) is 35.3 Å². The topological polar surface area (TPSA) is 74.6 Å². The molecule has 0 aliphatic rings. The summed E-state index contributed by atoms with van der Waals surface area (Å²) in [7, 11) is 1.31. The number of nitrogens with zero attached hydrogens (tertiary/aromatic N) is 2. The number of anilines is 2. The molecule has 1 atom stereocenters. The molecule has 6 nitrogen and oxygen atoms in total. The van der Waals surface area contributed by atoms with Crippen molar-refractivity contribution in [1.29, 1.82) is 0 Å². The predicted molar refractivity (Wildman–Crippen MR) is 127 cm³/mol. The predicted octanol–water partition coefficient (Wildman–Crippen LogP) is 5.38. The zero-order chi connectivity index (χ0) is 22.8. The van der Waals surface area contributed by atoms with Gasteiger partial charge in [0.2, 0.25) is 0 Å². The Bertz CT molecular complexity index is 1300. The summed E-state index contributed by atoms with van der Waals surface area (Å²) in [4.78, 5) is 12.0. The summed E-state index contributed by atoms with van der Waals surface area (Å²) in [6.45, 7) is 1.72. The molecular formula is C24H20ClN2O4S-. The fraction of sp³-hybridized carbons (Fsp3) is 0.125. The van der Waals surface area contributed by atoms with Crippen LogP contribution >= 0.6 is 11.6 Å². The van der Waals surface area contributed by atoms with Gasteiger partial charge in [-0.25, -0.2) is 0 Å². The van der Waals surface area contributed by atoms with Crippen molar-refractivity contribution in [2.24, 2.45) is 0 Å². The number of rotatable bonds is 6. The maximum absolute atomic E-state index is 12.4. The van der Waals surface area contributed by atoms with E-state index in [2.05, 4.69) is 0 Å². The Morgan fingerprint density at radius 3 is 2.34 bits per heavy atom. The molecule has 1 aromatic heterocycles. The van der Waals surface area contributed by atoms with E-state index in [-0.39, 0.29) is 6.54 Å². The summed E-state index contributed by atoms with van der Waals surface area (Å²) < 4.78 is 32.6. The first-order valence-corrected chi connectivity index (χ1v) is 11.2. The van der Waals surface area contributed by atoms with Gasteiger partial charge in [-0.05, 0) is 48.4 Å². The van der Waals surface area contributed by atoms with E-state index in [0.29, 0.717) is 33.0 Å². The second-order valence-corrected chi connectivity index (χ2v) is 8.42. The van der Waals surface area contributed by atoms with Crippen molar-refractivity contribution in [1.82, 2.24) is 4.57 Å². The molecule has 4 rings (SSSR count). The SMILES string of the molecule is COC(=O)Cn1c(C)c(N(c2ccc(-c3ccccc3)cc2)S(=O)[O-])c2cc(Cl)ccc21. The number of benzene rings is 3. The second-order valence-electron chi connectivity index (χ2n) is 7.18. The highest BCUT2D eigenvalue weighted by Crippen LogP contribution is 2.40. The van der Waals surface area contributed by atoms with Gasteiger partial charge in [0, 0.05) is 16.1 Å². The van der Waals surface area contributed by atoms with Crippen LogP contribution in [-0.2, 0) is 27.3 Å². The molecule has 164 valence electrons. The van der Waals surface area contributed by atoms with Crippen LogP contribution in [0.15, 0.2) is 72.8 Å². The highest BCUT2D eigenvalue weighted by Gasteiger charge is 2.23. The number of halogens is 1. The van der Waals surface area contributed by atoms with E-state index >= 15 is 0 Å². The molecule has 0 amide bonds. The van der Waals surface area contributed by atoms with Crippen molar-refractivity contribution in [2.75, 3.05) is 11.4 Å². The summed E-state index contributed by atoms with van der Waals surface area (Å²) >= 11 is 3.61. The van der Waals surface area contributed by atoms with E-state index in [9.17, 15) is 13.6 Å². The molecule has 1 unspecified atom stereocenters. The zero-order valence-electron chi connectivity index (χ0n) is 17.4. The van der Waals surface area contributed by atoms with Crippen molar-refractivity contribution in [2.45, 2.75) is 13.5 Å². The Hall–Kier alpha value is -3.13. The lowest BCUT2D eigenvalue weighted by molar-refractivity contribution is -0.141. The molecule has 0 spiro atoms. The number of carbonyl (C=O) groups excluding carboxylic acids is 1. The first-order valence-electron chi connectivity index (χ1n) is 9.81. The van der Waals surface area contributed by atoms with Crippen LogP contribution in [0.3, 0.4) is 0 Å². The Balaban J connectivity index is 1.86. The lowest BCUT2D eigenvalue weighted by Gasteiger charge is -2.27. The van der Waals surface area contributed by atoms with E-state index in [1.54, 1.807) is 41.8 Å². The summed E-state index contributed by atoms with van der Waals surface area (Å²) in [6.07, 6.45) is 0. The highest BCUT2D eigenvalue weighted by atomic mass is 35.5. The number of hydrogen-bond acceptors (Lipinski definition) is 4. The number of aromatic nitrogens is 1. The van der Waals surface area contributed by atoms with E-state index in [1.165, 1.54) is 11.4 Å². The standard InChI is InChI=1S/C24H21ClN2O4S/c1-16-24(21-14-19(25)10-13-22(21)26(16)15-23(28)31-2)27(32(29)30)20-11-8-18(9-12-20)17-6-4-3-5-7-17/h3-14H,15H2,1-2H3,(H,29,30)/p-1. The first kappa shape index (κ1) is 22.1. The van der Waals surface area contributed by atoms with Crippen LogP contribution in [0.2, 0.25) is 5.02 Å². The van der Waals surface area contributed by atoms with Gasteiger partial charge >= 0.3 is 5.97 Å². The summed E-state index contributed by atoms with van der Waals surface area (Å²) in [5.41, 5.74) is 4.20. The molecular weight excluding hydrogens is 448 g/mol. The lowest BCUT2D eigenvalue weighted by atomic mass is 10.1. The van der Waals surface area contributed by atoms with Crippen LogP contribution in [0, 0.1) is 6.92 Å². The lowest BCUT2D eigenvalue weighted by Crippen LogP contribution is -2.21. The largest absolute Gasteiger partial charge is 0.755 e. The van der Waals surface area contributed by atoms with Crippen molar-refractivity contribution in [3.05, 3.63) is 83.5 Å². The molecule has 0 radical (unpaired) electrons. The number of methoxy groups -OCH3 is 1.